The molecule has 1 aliphatic heterocycles. The van der Waals surface area contributed by atoms with Gasteiger partial charge in [0.05, 0.1) is 10.7 Å². The highest BCUT2D eigenvalue weighted by Gasteiger charge is 2.29. The van der Waals surface area contributed by atoms with Gasteiger partial charge in [0.2, 0.25) is 5.91 Å². The highest BCUT2D eigenvalue weighted by atomic mass is 32.1. The smallest absolute Gasteiger partial charge is 0.223 e. The Kier molecular flexibility index (Phi) is 8.25. The molecular formula is C23H33N5OS. The van der Waals surface area contributed by atoms with Crippen molar-refractivity contribution in [1.82, 2.24) is 20.5 Å². The number of guanidine groups is 1. The maximum atomic E-state index is 12.4. The number of aliphatic imine (C=N–C) groups is 1. The number of nitrogens with one attached hydrogen (secondary N) is 2. The van der Waals surface area contributed by atoms with Gasteiger partial charge in [0.1, 0.15) is 0 Å². The van der Waals surface area contributed by atoms with Crippen LogP contribution in [-0.4, -0.2) is 54.5 Å². The number of hydrogen-bond donors (Lipinski definition) is 2. The topological polar surface area (TPSA) is 69.6 Å². The Balaban J connectivity index is 1.45. The normalized spacial score (nSPS) is 16.9. The zero-order valence-corrected chi connectivity index (χ0v) is 19.1. The van der Waals surface area contributed by atoms with Crippen molar-refractivity contribution in [3.05, 3.63) is 51.5 Å². The number of benzene rings is 1. The van der Waals surface area contributed by atoms with Crippen LogP contribution in [0.2, 0.25) is 0 Å². The zero-order valence-electron chi connectivity index (χ0n) is 18.3. The summed E-state index contributed by atoms with van der Waals surface area (Å²) < 4.78 is 0. The largest absolute Gasteiger partial charge is 0.357 e. The van der Waals surface area contributed by atoms with Crippen molar-refractivity contribution >= 4 is 23.2 Å². The Hall–Kier alpha value is -2.41. The Morgan fingerprint density at radius 1 is 1.23 bits per heavy atom. The third kappa shape index (κ3) is 6.55. The molecule has 1 fully saturated rings. The summed E-state index contributed by atoms with van der Waals surface area (Å²) in [5, 5.41) is 7.84. The number of aryl methyl sites for hydroxylation is 2. The molecule has 1 atom stereocenters. The standard InChI is InChI=1S/C23H33N5OS/c1-4-24-23(25-12-10-21-17(2)27-18(3)30-21)26-15-20-14-22(29)28(16-20)13-11-19-8-6-5-7-9-19/h5-9,20H,4,10-16H2,1-3H3,(H2,24,25,26). The first-order valence-electron chi connectivity index (χ1n) is 10.8. The van der Waals surface area contributed by atoms with E-state index in [0.717, 1.165) is 55.7 Å². The lowest BCUT2D eigenvalue weighted by molar-refractivity contribution is -0.127. The molecule has 0 radical (unpaired) electrons. The zero-order chi connectivity index (χ0) is 21.3. The number of thiazole rings is 1. The molecule has 1 aliphatic rings. The molecule has 2 N–H and O–H groups in total. The van der Waals surface area contributed by atoms with Crippen molar-refractivity contribution in [2.75, 3.05) is 32.7 Å². The molecule has 3 rings (SSSR count). The van der Waals surface area contributed by atoms with Crippen molar-refractivity contribution in [3.8, 4) is 0 Å². The van der Waals surface area contributed by atoms with Gasteiger partial charge in [-0.05, 0) is 32.8 Å². The summed E-state index contributed by atoms with van der Waals surface area (Å²) in [5.41, 5.74) is 2.40. The Morgan fingerprint density at radius 2 is 2.03 bits per heavy atom. The average Bonchev–Trinajstić information content (AvgIpc) is 3.25. The minimum atomic E-state index is 0.250. The minimum Gasteiger partial charge on any atom is -0.357 e. The molecule has 30 heavy (non-hydrogen) atoms. The number of nitrogens with zero attached hydrogens (tertiary/aromatic N) is 3. The lowest BCUT2D eigenvalue weighted by Crippen LogP contribution is -2.38. The van der Waals surface area contributed by atoms with E-state index >= 15 is 0 Å². The van der Waals surface area contributed by atoms with Gasteiger partial charge < -0.3 is 15.5 Å². The van der Waals surface area contributed by atoms with Gasteiger partial charge in [0.25, 0.3) is 0 Å². The Bertz CT molecular complexity index is 849. The molecule has 0 aliphatic carbocycles. The highest BCUT2D eigenvalue weighted by molar-refractivity contribution is 7.11. The number of carbonyl (C=O) groups excluding carboxylic acids is 1. The molecule has 1 aromatic carbocycles. The second-order valence-corrected chi connectivity index (χ2v) is 9.07. The maximum Gasteiger partial charge on any atom is 0.223 e. The van der Waals surface area contributed by atoms with E-state index in [1.54, 1.807) is 11.3 Å². The lowest BCUT2D eigenvalue weighted by atomic mass is 10.1. The van der Waals surface area contributed by atoms with E-state index in [1.165, 1.54) is 10.4 Å². The van der Waals surface area contributed by atoms with Gasteiger partial charge in [-0.2, -0.15) is 0 Å². The van der Waals surface area contributed by atoms with Crippen molar-refractivity contribution in [2.45, 2.75) is 40.0 Å². The van der Waals surface area contributed by atoms with Crippen LogP contribution in [-0.2, 0) is 17.6 Å². The molecule has 1 aromatic heterocycles. The second kappa shape index (κ2) is 11.1. The molecule has 7 heteroatoms. The molecule has 2 heterocycles. The summed E-state index contributed by atoms with van der Waals surface area (Å²) in [4.78, 5) is 24.9. The van der Waals surface area contributed by atoms with Crippen LogP contribution < -0.4 is 10.6 Å². The monoisotopic (exact) mass is 427 g/mol. The summed E-state index contributed by atoms with van der Waals surface area (Å²) in [6.45, 7) is 10.1. The predicted molar refractivity (Wildman–Crippen MR) is 124 cm³/mol. The van der Waals surface area contributed by atoms with Crippen molar-refractivity contribution in [3.63, 3.8) is 0 Å². The average molecular weight is 428 g/mol. The number of carbonyl (C=O) groups is 1. The SMILES string of the molecule is CCNC(=NCC1CC(=O)N(CCc2ccccc2)C1)NCCc1sc(C)nc1C. The quantitative estimate of drug-likeness (QED) is 0.477. The maximum absolute atomic E-state index is 12.4. The van der Waals surface area contributed by atoms with Crippen LogP contribution in [0.1, 0.15) is 34.5 Å². The first kappa shape index (κ1) is 22.3. The van der Waals surface area contributed by atoms with E-state index in [0.29, 0.717) is 13.0 Å². The lowest BCUT2D eigenvalue weighted by Gasteiger charge is -2.16. The Labute approximate surface area is 183 Å². The van der Waals surface area contributed by atoms with E-state index in [2.05, 4.69) is 41.6 Å². The van der Waals surface area contributed by atoms with Gasteiger partial charge in [-0.3, -0.25) is 9.79 Å². The molecule has 162 valence electrons. The summed E-state index contributed by atoms with van der Waals surface area (Å²) in [6.07, 6.45) is 2.44. The van der Waals surface area contributed by atoms with Crippen LogP contribution in [0.4, 0.5) is 0 Å². The second-order valence-electron chi connectivity index (χ2n) is 7.78. The summed E-state index contributed by atoms with van der Waals surface area (Å²) in [6, 6.07) is 10.3. The molecule has 1 amide bonds. The first-order chi connectivity index (χ1) is 14.5. The molecular weight excluding hydrogens is 394 g/mol. The minimum absolute atomic E-state index is 0.250. The van der Waals surface area contributed by atoms with Crippen LogP contribution in [0.25, 0.3) is 0 Å². The van der Waals surface area contributed by atoms with Crippen molar-refractivity contribution in [2.24, 2.45) is 10.9 Å². The van der Waals surface area contributed by atoms with E-state index in [-0.39, 0.29) is 11.8 Å². The number of likely N-dealkylation sites (tertiary alicyclic amines) is 1. The number of aromatic nitrogens is 1. The fourth-order valence-corrected chi connectivity index (χ4v) is 4.70. The van der Waals surface area contributed by atoms with Crippen LogP contribution in [0.15, 0.2) is 35.3 Å². The van der Waals surface area contributed by atoms with Crippen LogP contribution in [0, 0.1) is 19.8 Å². The van der Waals surface area contributed by atoms with Crippen molar-refractivity contribution in [1.29, 1.82) is 0 Å². The van der Waals surface area contributed by atoms with Crippen LogP contribution in [0.5, 0.6) is 0 Å². The molecule has 6 nitrogen and oxygen atoms in total. The van der Waals surface area contributed by atoms with Gasteiger partial charge in [-0.1, -0.05) is 30.3 Å². The Morgan fingerprint density at radius 3 is 2.73 bits per heavy atom. The fraction of sp³-hybridized carbons (Fsp3) is 0.522. The third-order valence-electron chi connectivity index (χ3n) is 5.30. The number of amides is 1. The number of hydrogen-bond acceptors (Lipinski definition) is 4. The summed E-state index contributed by atoms with van der Waals surface area (Å²) in [5.74, 6) is 1.36. The van der Waals surface area contributed by atoms with Gasteiger partial charge in [-0.15, -0.1) is 11.3 Å². The van der Waals surface area contributed by atoms with Gasteiger partial charge in [0.15, 0.2) is 5.96 Å². The molecule has 2 aromatic rings. The van der Waals surface area contributed by atoms with Gasteiger partial charge in [0, 0.05) is 56.4 Å². The van der Waals surface area contributed by atoms with Crippen molar-refractivity contribution < 1.29 is 4.79 Å². The van der Waals surface area contributed by atoms with Crippen LogP contribution >= 0.6 is 11.3 Å². The summed E-state index contributed by atoms with van der Waals surface area (Å²) >= 11 is 1.76. The molecule has 0 bridgehead atoms. The van der Waals surface area contributed by atoms with Gasteiger partial charge >= 0.3 is 0 Å². The van der Waals surface area contributed by atoms with E-state index in [9.17, 15) is 4.79 Å². The van der Waals surface area contributed by atoms with Gasteiger partial charge in [-0.25, -0.2) is 4.98 Å². The number of rotatable bonds is 9. The first-order valence-corrected chi connectivity index (χ1v) is 11.6. The highest BCUT2D eigenvalue weighted by Crippen LogP contribution is 2.19. The van der Waals surface area contributed by atoms with E-state index in [1.807, 2.05) is 30.0 Å². The fourth-order valence-electron chi connectivity index (χ4n) is 3.76. The summed E-state index contributed by atoms with van der Waals surface area (Å²) in [7, 11) is 0. The molecule has 1 saturated heterocycles. The molecule has 0 saturated carbocycles. The van der Waals surface area contributed by atoms with E-state index in [4.69, 9.17) is 4.99 Å². The third-order valence-corrected chi connectivity index (χ3v) is 6.44. The molecule has 1 unspecified atom stereocenters. The van der Waals surface area contributed by atoms with E-state index < -0.39 is 0 Å². The predicted octanol–water partition coefficient (Wildman–Crippen LogP) is 2.95. The van der Waals surface area contributed by atoms with Crippen LogP contribution in [0.3, 0.4) is 0 Å². The molecule has 0 spiro atoms.